The normalized spacial score (nSPS) is 24.2. The molecule has 5 heteroatoms. The average Bonchev–Trinajstić information content (AvgIpc) is 2.78. The van der Waals surface area contributed by atoms with Gasteiger partial charge in [-0.3, -0.25) is 9.69 Å². The summed E-state index contributed by atoms with van der Waals surface area (Å²) in [5.41, 5.74) is 0. The zero-order chi connectivity index (χ0) is 12.3. The van der Waals surface area contributed by atoms with Gasteiger partial charge in [-0.15, -0.1) is 0 Å². The van der Waals surface area contributed by atoms with E-state index in [1.165, 1.54) is 30.6 Å². The average molecular weight is 240 g/mol. The van der Waals surface area contributed by atoms with Crippen LogP contribution in [0.15, 0.2) is 0 Å². The molecule has 0 unspecified atom stereocenters. The minimum absolute atomic E-state index is 0.159. The molecule has 2 aliphatic rings. The first-order valence-corrected chi connectivity index (χ1v) is 6.46. The number of β-lactam (4-membered cyclic amide) rings is 1. The van der Waals surface area contributed by atoms with E-state index in [1.807, 2.05) is 0 Å². The minimum atomic E-state index is -0.976. The fraction of sp³-hybridized carbons (Fsp3) is 0.833. The smallest absolute Gasteiger partial charge is 0.408 e. The molecule has 0 aromatic carbocycles. The van der Waals surface area contributed by atoms with Crippen molar-refractivity contribution < 1.29 is 14.7 Å². The molecule has 96 valence electrons. The molecule has 1 atom stereocenters. The first-order valence-electron chi connectivity index (χ1n) is 6.46. The van der Waals surface area contributed by atoms with Gasteiger partial charge in [-0.2, -0.15) is 0 Å². The predicted molar refractivity (Wildman–Crippen MR) is 62.7 cm³/mol. The molecule has 0 radical (unpaired) electrons. The molecule has 2 fully saturated rings. The Hall–Kier alpha value is -1.26. The Bertz CT molecular complexity index is 300. The summed E-state index contributed by atoms with van der Waals surface area (Å²) in [6.45, 7) is 0.957. The molecule has 1 aliphatic heterocycles. The van der Waals surface area contributed by atoms with Gasteiger partial charge < -0.3 is 10.4 Å². The standard InChI is InChI=1S/C12H20N2O3/c15-11-10(8-13-11)14(12(16)17)7-3-6-9-4-1-2-5-9/h9-10H,1-8H2,(H,13,15)(H,16,17)/t10-/m0/s1. The van der Waals surface area contributed by atoms with Gasteiger partial charge in [0.1, 0.15) is 6.04 Å². The molecule has 2 amide bonds. The number of hydrogen-bond acceptors (Lipinski definition) is 2. The van der Waals surface area contributed by atoms with Crippen molar-refractivity contribution in [1.29, 1.82) is 0 Å². The van der Waals surface area contributed by atoms with Crippen molar-refractivity contribution in [2.24, 2.45) is 5.92 Å². The number of hydrogen-bond donors (Lipinski definition) is 2. The second-order valence-electron chi connectivity index (χ2n) is 5.03. The molecule has 0 bridgehead atoms. The lowest BCUT2D eigenvalue weighted by atomic mass is 10.0. The second kappa shape index (κ2) is 5.38. The first kappa shape index (κ1) is 12.2. The number of nitrogens with one attached hydrogen (secondary N) is 1. The summed E-state index contributed by atoms with van der Waals surface area (Å²) >= 11 is 0. The third-order valence-electron chi connectivity index (χ3n) is 3.88. The van der Waals surface area contributed by atoms with Crippen molar-refractivity contribution in [3.05, 3.63) is 0 Å². The molecule has 5 nitrogen and oxygen atoms in total. The van der Waals surface area contributed by atoms with E-state index in [4.69, 9.17) is 5.11 Å². The first-order chi connectivity index (χ1) is 8.18. The van der Waals surface area contributed by atoms with Gasteiger partial charge in [-0.1, -0.05) is 25.7 Å². The van der Waals surface area contributed by atoms with Crippen LogP contribution >= 0.6 is 0 Å². The fourth-order valence-corrected chi connectivity index (χ4v) is 2.76. The van der Waals surface area contributed by atoms with Crippen LogP contribution in [0, 0.1) is 5.92 Å². The van der Waals surface area contributed by atoms with E-state index in [0.29, 0.717) is 13.1 Å². The Morgan fingerprint density at radius 2 is 2.12 bits per heavy atom. The highest BCUT2D eigenvalue weighted by Crippen LogP contribution is 2.28. The van der Waals surface area contributed by atoms with Gasteiger partial charge in [-0.25, -0.2) is 4.79 Å². The topological polar surface area (TPSA) is 69.6 Å². The number of carboxylic acid groups (broad SMARTS) is 1. The predicted octanol–water partition coefficient (Wildman–Crippen LogP) is 1.44. The van der Waals surface area contributed by atoms with Crippen LogP contribution in [0.3, 0.4) is 0 Å². The van der Waals surface area contributed by atoms with Gasteiger partial charge in [-0.05, 0) is 18.8 Å². The van der Waals surface area contributed by atoms with E-state index >= 15 is 0 Å². The van der Waals surface area contributed by atoms with Crippen molar-refractivity contribution in [3.8, 4) is 0 Å². The summed E-state index contributed by atoms with van der Waals surface area (Å²) in [4.78, 5) is 23.5. The van der Waals surface area contributed by atoms with Crippen LogP contribution in [-0.2, 0) is 4.79 Å². The molecule has 1 saturated heterocycles. The van der Waals surface area contributed by atoms with Gasteiger partial charge >= 0.3 is 6.09 Å². The highest BCUT2D eigenvalue weighted by atomic mass is 16.4. The van der Waals surface area contributed by atoms with Crippen molar-refractivity contribution >= 4 is 12.0 Å². The Kier molecular flexibility index (Phi) is 3.86. The van der Waals surface area contributed by atoms with E-state index in [-0.39, 0.29) is 5.91 Å². The molecule has 17 heavy (non-hydrogen) atoms. The van der Waals surface area contributed by atoms with Crippen molar-refractivity contribution in [2.45, 2.75) is 44.6 Å². The Morgan fingerprint density at radius 3 is 2.59 bits per heavy atom. The highest BCUT2D eigenvalue weighted by molar-refractivity contribution is 5.90. The summed E-state index contributed by atoms with van der Waals surface area (Å²) in [6.07, 6.45) is 6.21. The SMILES string of the molecule is O=C1NC[C@@H]1N(CCCC1CCCC1)C(=O)O. The van der Waals surface area contributed by atoms with Gasteiger partial charge in [0.05, 0.1) is 0 Å². The van der Waals surface area contributed by atoms with Crippen LogP contribution in [-0.4, -0.2) is 41.1 Å². The highest BCUT2D eigenvalue weighted by Gasteiger charge is 2.36. The Morgan fingerprint density at radius 1 is 1.41 bits per heavy atom. The van der Waals surface area contributed by atoms with Crippen LogP contribution in [0.5, 0.6) is 0 Å². The lowest BCUT2D eigenvalue weighted by molar-refractivity contribution is -0.132. The molecule has 2 N–H and O–H groups in total. The van der Waals surface area contributed by atoms with Crippen LogP contribution in [0.4, 0.5) is 4.79 Å². The summed E-state index contributed by atoms with van der Waals surface area (Å²) in [5.74, 6) is 0.620. The maximum Gasteiger partial charge on any atom is 0.408 e. The molecule has 0 spiro atoms. The molecule has 0 aromatic heterocycles. The molecule has 1 aliphatic carbocycles. The van der Waals surface area contributed by atoms with Gasteiger partial charge in [0.15, 0.2) is 0 Å². The van der Waals surface area contributed by atoms with E-state index in [1.54, 1.807) is 0 Å². The molecule has 2 rings (SSSR count). The maximum atomic E-state index is 11.2. The van der Waals surface area contributed by atoms with E-state index in [0.717, 1.165) is 18.8 Å². The van der Waals surface area contributed by atoms with Crippen molar-refractivity contribution in [1.82, 2.24) is 10.2 Å². The summed E-state index contributed by atoms with van der Waals surface area (Å²) in [7, 11) is 0. The lowest BCUT2D eigenvalue weighted by Gasteiger charge is -2.35. The third kappa shape index (κ3) is 2.90. The van der Waals surface area contributed by atoms with Crippen LogP contribution in [0.25, 0.3) is 0 Å². The Balaban J connectivity index is 1.73. The quantitative estimate of drug-likeness (QED) is 0.714. The van der Waals surface area contributed by atoms with Gasteiger partial charge in [0.2, 0.25) is 5.91 Å². The van der Waals surface area contributed by atoms with Gasteiger partial charge in [0, 0.05) is 13.1 Å². The van der Waals surface area contributed by atoms with Crippen molar-refractivity contribution in [2.75, 3.05) is 13.1 Å². The summed E-state index contributed by atoms with van der Waals surface area (Å²) < 4.78 is 0. The molecular weight excluding hydrogens is 220 g/mol. The summed E-state index contributed by atoms with van der Waals surface area (Å²) in [5, 5.41) is 11.6. The monoisotopic (exact) mass is 240 g/mol. The van der Waals surface area contributed by atoms with Crippen LogP contribution in [0.2, 0.25) is 0 Å². The number of carbonyl (C=O) groups excluding carboxylic acids is 1. The molecule has 1 saturated carbocycles. The van der Waals surface area contributed by atoms with Gasteiger partial charge in [0.25, 0.3) is 0 Å². The maximum absolute atomic E-state index is 11.2. The van der Waals surface area contributed by atoms with E-state index < -0.39 is 12.1 Å². The Labute approximate surface area is 101 Å². The van der Waals surface area contributed by atoms with Crippen molar-refractivity contribution in [3.63, 3.8) is 0 Å². The number of rotatable bonds is 5. The number of nitrogens with zero attached hydrogens (tertiary/aromatic N) is 1. The zero-order valence-corrected chi connectivity index (χ0v) is 10.0. The lowest BCUT2D eigenvalue weighted by Crippen LogP contribution is -2.63. The largest absolute Gasteiger partial charge is 0.465 e. The zero-order valence-electron chi connectivity index (χ0n) is 10.0. The molecule has 1 heterocycles. The second-order valence-corrected chi connectivity index (χ2v) is 5.03. The third-order valence-corrected chi connectivity index (χ3v) is 3.88. The molecular formula is C12H20N2O3. The van der Waals surface area contributed by atoms with E-state index in [2.05, 4.69) is 5.32 Å². The minimum Gasteiger partial charge on any atom is -0.465 e. The molecule has 0 aromatic rings. The van der Waals surface area contributed by atoms with E-state index in [9.17, 15) is 9.59 Å². The fourth-order valence-electron chi connectivity index (χ4n) is 2.76. The number of carbonyl (C=O) groups is 2. The summed E-state index contributed by atoms with van der Waals surface area (Å²) in [6, 6.07) is -0.448. The van der Waals surface area contributed by atoms with Crippen LogP contribution < -0.4 is 5.32 Å². The number of amides is 2. The van der Waals surface area contributed by atoms with Crippen LogP contribution in [0.1, 0.15) is 38.5 Å².